The van der Waals surface area contributed by atoms with Crippen LogP contribution in [0.5, 0.6) is 0 Å². The Balaban J connectivity index is 3.84. The maximum atomic E-state index is 10.9. The van der Waals surface area contributed by atoms with E-state index in [-0.39, 0.29) is 5.97 Å². The van der Waals surface area contributed by atoms with Crippen molar-refractivity contribution >= 4 is 5.97 Å². The lowest BCUT2D eigenvalue weighted by Gasteiger charge is -2.02. The van der Waals surface area contributed by atoms with Crippen molar-refractivity contribution in [2.24, 2.45) is 5.92 Å². The van der Waals surface area contributed by atoms with Crippen LogP contribution in [-0.4, -0.2) is 13.1 Å². The third-order valence-electron chi connectivity index (χ3n) is 1.98. The minimum absolute atomic E-state index is 0.244. The maximum Gasteiger partial charge on any atom is 0.333 e. The molecule has 2 nitrogen and oxygen atoms in total. The van der Waals surface area contributed by atoms with Crippen LogP contribution in [0.2, 0.25) is 0 Å². The summed E-state index contributed by atoms with van der Waals surface area (Å²) in [7, 11) is 1.39. The molecule has 0 rings (SSSR count). The molecule has 0 N–H and O–H groups in total. The molecule has 0 saturated carbocycles. The molecule has 13 heavy (non-hydrogen) atoms. The first-order chi connectivity index (χ1) is 6.11. The highest BCUT2D eigenvalue weighted by atomic mass is 16.5. The second kappa shape index (κ2) is 6.46. The Morgan fingerprint density at radius 2 is 2.23 bits per heavy atom. The first-order valence-corrected chi connectivity index (χ1v) is 4.49. The number of hydrogen-bond donors (Lipinski definition) is 0. The third kappa shape index (κ3) is 5.23. The molecule has 0 aromatic heterocycles. The third-order valence-corrected chi connectivity index (χ3v) is 1.98. The van der Waals surface area contributed by atoms with E-state index in [2.05, 4.69) is 18.2 Å². The van der Waals surface area contributed by atoms with Gasteiger partial charge in [-0.25, -0.2) is 4.79 Å². The highest BCUT2D eigenvalue weighted by molar-refractivity contribution is 5.87. The quantitative estimate of drug-likeness (QED) is 0.371. The van der Waals surface area contributed by atoms with Gasteiger partial charge in [0.1, 0.15) is 0 Å². The van der Waals surface area contributed by atoms with Gasteiger partial charge in [-0.05, 0) is 25.7 Å². The molecule has 0 saturated heterocycles. The van der Waals surface area contributed by atoms with Gasteiger partial charge in [0.05, 0.1) is 7.11 Å². The van der Waals surface area contributed by atoms with Gasteiger partial charge in [0.25, 0.3) is 0 Å². The molecule has 1 atom stereocenters. The second-order valence-corrected chi connectivity index (χ2v) is 3.17. The normalized spacial score (nSPS) is 13.6. The number of allylic oxidation sites excluding steroid dienone is 2. The van der Waals surface area contributed by atoms with E-state index in [9.17, 15) is 4.79 Å². The Bertz CT molecular complexity index is 204. The Morgan fingerprint density at radius 1 is 1.62 bits per heavy atom. The number of hydrogen-bond acceptors (Lipinski definition) is 2. The van der Waals surface area contributed by atoms with Crippen molar-refractivity contribution in [3.8, 4) is 0 Å². The number of methoxy groups -OCH3 is 1. The SMILES string of the molecule is C=C[C@H](C)CC/C=C(\C)C(=O)OC. The van der Waals surface area contributed by atoms with E-state index in [0.29, 0.717) is 11.5 Å². The summed E-state index contributed by atoms with van der Waals surface area (Å²) >= 11 is 0. The van der Waals surface area contributed by atoms with Crippen molar-refractivity contribution in [2.75, 3.05) is 7.11 Å². The van der Waals surface area contributed by atoms with E-state index in [1.807, 2.05) is 12.2 Å². The summed E-state index contributed by atoms with van der Waals surface area (Å²) in [5.41, 5.74) is 0.679. The molecular formula is C11H18O2. The lowest BCUT2D eigenvalue weighted by atomic mass is 10.1. The van der Waals surface area contributed by atoms with Crippen LogP contribution in [0.25, 0.3) is 0 Å². The van der Waals surface area contributed by atoms with Gasteiger partial charge < -0.3 is 4.74 Å². The zero-order chi connectivity index (χ0) is 10.3. The van der Waals surface area contributed by atoms with Gasteiger partial charge in [0.2, 0.25) is 0 Å². The van der Waals surface area contributed by atoms with E-state index in [1.54, 1.807) is 6.92 Å². The smallest absolute Gasteiger partial charge is 0.333 e. The van der Waals surface area contributed by atoms with Crippen molar-refractivity contribution < 1.29 is 9.53 Å². The molecular weight excluding hydrogens is 164 g/mol. The van der Waals surface area contributed by atoms with Crippen LogP contribution >= 0.6 is 0 Å². The monoisotopic (exact) mass is 182 g/mol. The summed E-state index contributed by atoms with van der Waals surface area (Å²) in [5, 5.41) is 0. The van der Waals surface area contributed by atoms with Crippen molar-refractivity contribution in [3.05, 3.63) is 24.3 Å². The number of carbonyl (C=O) groups excluding carboxylic acids is 1. The van der Waals surface area contributed by atoms with E-state index in [1.165, 1.54) is 7.11 Å². The molecule has 0 unspecified atom stereocenters. The highest BCUT2D eigenvalue weighted by Crippen LogP contribution is 2.08. The summed E-state index contributed by atoms with van der Waals surface area (Å²) < 4.78 is 4.57. The predicted molar refractivity (Wildman–Crippen MR) is 54.4 cm³/mol. The van der Waals surface area contributed by atoms with Crippen molar-refractivity contribution in [3.63, 3.8) is 0 Å². The fourth-order valence-corrected chi connectivity index (χ4v) is 0.925. The minimum Gasteiger partial charge on any atom is -0.466 e. The summed E-state index contributed by atoms with van der Waals surface area (Å²) in [5.74, 6) is 0.257. The largest absolute Gasteiger partial charge is 0.466 e. The molecule has 0 radical (unpaired) electrons. The number of ether oxygens (including phenoxy) is 1. The summed E-state index contributed by atoms with van der Waals surface area (Å²) in [6.45, 7) is 7.57. The maximum absolute atomic E-state index is 10.9. The van der Waals surface area contributed by atoms with Crippen molar-refractivity contribution in [2.45, 2.75) is 26.7 Å². The fraction of sp³-hybridized carbons (Fsp3) is 0.545. The van der Waals surface area contributed by atoms with Gasteiger partial charge in [0, 0.05) is 5.57 Å². The first-order valence-electron chi connectivity index (χ1n) is 4.49. The molecule has 0 amide bonds. The van der Waals surface area contributed by atoms with E-state index < -0.39 is 0 Å². The van der Waals surface area contributed by atoms with Gasteiger partial charge in [-0.2, -0.15) is 0 Å². The zero-order valence-electron chi connectivity index (χ0n) is 8.67. The summed E-state index contributed by atoms with van der Waals surface area (Å²) in [6.07, 6.45) is 5.75. The molecule has 0 fully saturated rings. The number of carbonyl (C=O) groups is 1. The minimum atomic E-state index is -0.244. The lowest BCUT2D eigenvalue weighted by Crippen LogP contribution is -2.01. The van der Waals surface area contributed by atoms with Gasteiger partial charge in [0.15, 0.2) is 0 Å². The molecule has 0 aliphatic rings. The molecule has 0 aromatic carbocycles. The molecule has 0 spiro atoms. The topological polar surface area (TPSA) is 26.3 Å². The van der Waals surface area contributed by atoms with Crippen LogP contribution < -0.4 is 0 Å². The van der Waals surface area contributed by atoms with Crippen LogP contribution in [0.1, 0.15) is 26.7 Å². The molecule has 0 heterocycles. The Kier molecular flexibility index (Phi) is 5.94. The van der Waals surface area contributed by atoms with Crippen LogP contribution in [0, 0.1) is 5.92 Å². The van der Waals surface area contributed by atoms with E-state index in [0.717, 1.165) is 12.8 Å². The first kappa shape index (κ1) is 11.9. The molecule has 0 aliphatic heterocycles. The number of esters is 1. The standard InChI is InChI=1S/C11H18O2/c1-5-9(2)7-6-8-10(3)11(12)13-4/h5,8-9H,1,6-7H2,2-4H3/b10-8+/t9-/m0/s1. The Hall–Kier alpha value is -1.05. The average Bonchev–Trinajstić information content (AvgIpc) is 2.15. The Labute approximate surface area is 80.3 Å². The summed E-state index contributed by atoms with van der Waals surface area (Å²) in [6, 6.07) is 0. The van der Waals surface area contributed by atoms with Gasteiger partial charge >= 0.3 is 5.97 Å². The molecule has 0 aromatic rings. The van der Waals surface area contributed by atoms with Crippen molar-refractivity contribution in [1.82, 2.24) is 0 Å². The fourth-order valence-electron chi connectivity index (χ4n) is 0.925. The predicted octanol–water partition coefficient (Wildman–Crippen LogP) is 2.71. The zero-order valence-corrected chi connectivity index (χ0v) is 8.67. The molecule has 0 bridgehead atoms. The lowest BCUT2D eigenvalue weighted by molar-refractivity contribution is -0.136. The van der Waals surface area contributed by atoms with Crippen LogP contribution in [-0.2, 0) is 9.53 Å². The van der Waals surface area contributed by atoms with Gasteiger partial charge in [-0.3, -0.25) is 0 Å². The van der Waals surface area contributed by atoms with E-state index in [4.69, 9.17) is 0 Å². The molecule has 74 valence electrons. The van der Waals surface area contributed by atoms with Crippen LogP contribution in [0.3, 0.4) is 0 Å². The average molecular weight is 182 g/mol. The molecule has 0 aliphatic carbocycles. The highest BCUT2D eigenvalue weighted by Gasteiger charge is 2.01. The summed E-state index contributed by atoms with van der Waals surface area (Å²) in [4.78, 5) is 10.9. The second-order valence-electron chi connectivity index (χ2n) is 3.17. The van der Waals surface area contributed by atoms with Gasteiger partial charge in [-0.15, -0.1) is 6.58 Å². The van der Waals surface area contributed by atoms with Crippen LogP contribution in [0.15, 0.2) is 24.3 Å². The Morgan fingerprint density at radius 3 is 2.69 bits per heavy atom. The van der Waals surface area contributed by atoms with Crippen molar-refractivity contribution in [1.29, 1.82) is 0 Å². The number of rotatable bonds is 5. The van der Waals surface area contributed by atoms with Crippen LogP contribution in [0.4, 0.5) is 0 Å². The van der Waals surface area contributed by atoms with Gasteiger partial charge in [-0.1, -0.05) is 19.1 Å². The van der Waals surface area contributed by atoms with E-state index >= 15 is 0 Å². The molecule has 2 heteroatoms.